The maximum Gasteiger partial charge on any atom is 0.243 e. The molecule has 1 aliphatic rings. The highest BCUT2D eigenvalue weighted by molar-refractivity contribution is 5.86. The molecule has 102 valence electrons. The Balaban J connectivity index is 1.71. The van der Waals surface area contributed by atoms with E-state index in [-0.39, 0.29) is 5.91 Å². The average molecular weight is 259 g/mol. The van der Waals surface area contributed by atoms with Crippen molar-refractivity contribution in [2.45, 2.75) is 18.8 Å². The number of nitrogens with one attached hydrogen (secondary N) is 1. The number of aromatic nitrogens is 1. The van der Waals surface area contributed by atoms with Gasteiger partial charge < -0.3 is 10.2 Å². The van der Waals surface area contributed by atoms with Crippen LogP contribution in [-0.4, -0.2) is 42.0 Å². The van der Waals surface area contributed by atoms with Crippen molar-refractivity contribution in [2.75, 3.05) is 26.2 Å². The maximum absolute atomic E-state index is 11.0. The van der Waals surface area contributed by atoms with Crippen LogP contribution in [0.4, 0.5) is 0 Å². The minimum atomic E-state index is -0.0941. The van der Waals surface area contributed by atoms with Crippen molar-refractivity contribution in [3.05, 3.63) is 42.7 Å². The van der Waals surface area contributed by atoms with Gasteiger partial charge in [-0.05, 0) is 44.1 Å². The molecule has 1 fully saturated rings. The molecule has 0 aliphatic carbocycles. The number of nitrogens with zero attached hydrogens (tertiary/aromatic N) is 2. The van der Waals surface area contributed by atoms with Crippen LogP contribution in [0.25, 0.3) is 0 Å². The number of amides is 1. The fourth-order valence-electron chi connectivity index (χ4n) is 2.48. The van der Waals surface area contributed by atoms with Crippen LogP contribution in [0.2, 0.25) is 0 Å². The van der Waals surface area contributed by atoms with Crippen LogP contribution in [0.15, 0.2) is 37.1 Å². The molecule has 0 radical (unpaired) electrons. The Bertz CT molecular complexity index is 411. The van der Waals surface area contributed by atoms with E-state index in [1.165, 1.54) is 11.8 Å². The highest BCUT2D eigenvalue weighted by atomic mass is 16.1. The van der Waals surface area contributed by atoms with Gasteiger partial charge in [0.25, 0.3) is 0 Å². The van der Waals surface area contributed by atoms with E-state index in [0.29, 0.717) is 12.5 Å². The normalized spacial score (nSPS) is 17.1. The highest BCUT2D eigenvalue weighted by Gasteiger charge is 2.20. The van der Waals surface area contributed by atoms with Gasteiger partial charge in [-0.15, -0.1) is 0 Å². The first-order chi connectivity index (χ1) is 9.29. The van der Waals surface area contributed by atoms with Crippen molar-refractivity contribution in [2.24, 2.45) is 0 Å². The minimum Gasteiger partial charge on any atom is -0.351 e. The molecule has 1 amide bonds. The predicted molar refractivity (Wildman–Crippen MR) is 75.9 cm³/mol. The Hall–Kier alpha value is -1.68. The second-order valence-corrected chi connectivity index (χ2v) is 4.87. The van der Waals surface area contributed by atoms with E-state index in [2.05, 4.69) is 33.9 Å². The Morgan fingerprint density at radius 3 is 2.89 bits per heavy atom. The van der Waals surface area contributed by atoms with Crippen LogP contribution in [0.3, 0.4) is 0 Å². The Morgan fingerprint density at radius 1 is 1.47 bits per heavy atom. The van der Waals surface area contributed by atoms with Crippen molar-refractivity contribution >= 4 is 5.91 Å². The Labute approximate surface area is 114 Å². The highest BCUT2D eigenvalue weighted by Crippen LogP contribution is 2.25. The van der Waals surface area contributed by atoms with Gasteiger partial charge in [-0.1, -0.05) is 12.6 Å². The van der Waals surface area contributed by atoms with Gasteiger partial charge in [-0.3, -0.25) is 9.78 Å². The average Bonchev–Trinajstić information content (AvgIpc) is 2.48. The molecule has 0 unspecified atom stereocenters. The molecule has 4 heteroatoms. The zero-order valence-corrected chi connectivity index (χ0v) is 11.2. The third-order valence-electron chi connectivity index (χ3n) is 3.61. The SMILES string of the molecule is C=CC(=O)NCCN1CCC(c2ccccn2)CC1. The van der Waals surface area contributed by atoms with Crippen molar-refractivity contribution in [1.82, 2.24) is 15.2 Å². The fourth-order valence-corrected chi connectivity index (χ4v) is 2.48. The van der Waals surface area contributed by atoms with E-state index in [1.54, 1.807) is 0 Å². The third kappa shape index (κ3) is 4.17. The van der Waals surface area contributed by atoms with E-state index in [4.69, 9.17) is 0 Å². The van der Waals surface area contributed by atoms with Crippen molar-refractivity contribution in [1.29, 1.82) is 0 Å². The van der Waals surface area contributed by atoms with Gasteiger partial charge >= 0.3 is 0 Å². The summed E-state index contributed by atoms with van der Waals surface area (Å²) in [6.07, 6.45) is 5.47. The summed E-state index contributed by atoms with van der Waals surface area (Å²) in [5.74, 6) is 0.489. The molecule has 2 rings (SSSR count). The molecule has 19 heavy (non-hydrogen) atoms. The summed E-state index contributed by atoms with van der Waals surface area (Å²) in [6.45, 7) is 7.19. The summed E-state index contributed by atoms with van der Waals surface area (Å²) in [7, 11) is 0. The minimum absolute atomic E-state index is 0.0941. The summed E-state index contributed by atoms with van der Waals surface area (Å²) in [4.78, 5) is 17.9. The van der Waals surface area contributed by atoms with E-state index in [9.17, 15) is 4.79 Å². The first kappa shape index (κ1) is 13.7. The number of piperidine rings is 1. The first-order valence-electron chi connectivity index (χ1n) is 6.83. The second kappa shape index (κ2) is 7.04. The van der Waals surface area contributed by atoms with Crippen molar-refractivity contribution < 1.29 is 4.79 Å². The van der Waals surface area contributed by atoms with E-state index < -0.39 is 0 Å². The third-order valence-corrected chi connectivity index (χ3v) is 3.61. The summed E-state index contributed by atoms with van der Waals surface area (Å²) in [5.41, 5.74) is 1.21. The van der Waals surface area contributed by atoms with E-state index in [1.807, 2.05) is 12.3 Å². The van der Waals surface area contributed by atoms with Gasteiger partial charge in [-0.2, -0.15) is 0 Å². The zero-order valence-electron chi connectivity index (χ0n) is 11.2. The van der Waals surface area contributed by atoms with Crippen molar-refractivity contribution in [3.63, 3.8) is 0 Å². The van der Waals surface area contributed by atoms with Crippen LogP contribution in [-0.2, 0) is 4.79 Å². The van der Waals surface area contributed by atoms with Gasteiger partial charge in [0.2, 0.25) is 5.91 Å². The lowest BCUT2D eigenvalue weighted by Crippen LogP contribution is -2.38. The van der Waals surface area contributed by atoms with Crippen LogP contribution >= 0.6 is 0 Å². The second-order valence-electron chi connectivity index (χ2n) is 4.87. The summed E-state index contributed by atoms with van der Waals surface area (Å²) >= 11 is 0. The largest absolute Gasteiger partial charge is 0.351 e. The lowest BCUT2D eigenvalue weighted by Gasteiger charge is -2.31. The molecule has 4 nitrogen and oxygen atoms in total. The molecule has 0 spiro atoms. The number of pyridine rings is 1. The summed E-state index contributed by atoms with van der Waals surface area (Å²) in [6, 6.07) is 6.13. The fraction of sp³-hybridized carbons (Fsp3) is 0.467. The predicted octanol–water partition coefficient (Wildman–Crippen LogP) is 1.56. The van der Waals surface area contributed by atoms with Gasteiger partial charge in [0.05, 0.1) is 0 Å². The topological polar surface area (TPSA) is 45.2 Å². The summed E-state index contributed by atoms with van der Waals surface area (Å²) < 4.78 is 0. The molecular formula is C15H21N3O. The number of carbonyl (C=O) groups excluding carboxylic acids is 1. The van der Waals surface area contributed by atoms with Crippen LogP contribution in [0, 0.1) is 0 Å². The summed E-state index contributed by atoms with van der Waals surface area (Å²) in [5, 5.41) is 2.81. The first-order valence-corrected chi connectivity index (χ1v) is 6.83. The lowest BCUT2D eigenvalue weighted by atomic mass is 9.93. The number of hydrogen-bond acceptors (Lipinski definition) is 3. The van der Waals surface area contributed by atoms with Gasteiger partial charge in [0.1, 0.15) is 0 Å². The molecule has 1 N–H and O–H groups in total. The smallest absolute Gasteiger partial charge is 0.243 e. The number of hydrogen-bond donors (Lipinski definition) is 1. The number of likely N-dealkylation sites (tertiary alicyclic amines) is 1. The Morgan fingerprint density at radius 2 is 2.26 bits per heavy atom. The molecule has 0 bridgehead atoms. The molecule has 1 aromatic rings. The van der Waals surface area contributed by atoms with Crippen LogP contribution in [0.1, 0.15) is 24.5 Å². The standard InChI is InChI=1S/C15H21N3O/c1-2-15(19)17-9-12-18-10-6-13(7-11-18)14-5-3-4-8-16-14/h2-5,8,13H,1,6-7,9-12H2,(H,17,19). The van der Waals surface area contributed by atoms with E-state index in [0.717, 1.165) is 32.5 Å². The van der Waals surface area contributed by atoms with Crippen molar-refractivity contribution in [3.8, 4) is 0 Å². The van der Waals surface area contributed by atoms with Gasteiger partial charge in [-0.25, -0.2) is 0 Å². The number of rotatable bonds is 5. The quantitative estimate of drug-likeness (QED) is 0.816. The zero-order chi connectivity index (χ0) is 13.5. The van der Waals surface area contributed by atoms with Gasteiger partial charge in [0.15, 0.2) is 0 Å². The van der Waals surface area contributed by atoms with E-state index >= 15 is 0 Å². The Kier molecular flexibility index (Phi) is 5.10. The molecule has 1 aliphatic heterocycles. The lowest BCUT2D eigenvalue weighted by molar-refractivity contribution is -0.116. The maximum atomic E-state index is 11.0. The van der Waals surface area contributed by atoms with Crippen LogP contribution < -0.4 is 5.32 Å². The molecule has 0 saturated carbocycles. The molecule has 2 heterocycles. The molecule has 1 aromatic heterocycles. The van der Waals surface area contributed by atoms with Gasteiger partial charge in [0, 0.05) is 30.9 Å². The molecular weight excluding hydrogens is 238 g/mol. The molecule has 0 atom stereocenters. The molecule has 1 saturated heterocycles. The number of carbonyl (C=O) groups is 1. The van der Waals surface area contributed by atoms with Crippen LogP contribution in [0.5, 0.6) is 0 Å². The molecule has 0 aromatic carbocycles. The monoisotopic (exact) mass is 259 g/mol.